The van der Waals surface area contributed by atoms with Crippen molar-refractivity contribution in [2.45, 2.75) is 33.3 Å². The highest BCUT2D eigenvalue weighted by Gasteiger charge is 2.16. The molecular formula is C23H27NO5. The fourth-order valence-electron chi connectivity index (χ4n) is 2.56. The number of aryl methyl sites for hydroxylation is 1. The normalized spacial score (nSPS) is 11.7. The van der Waals surface area contributed by atoms with Crippen LogP contribution in [0, 0.1) is 0 Å². The van der Waals surface area contributed by atoms with Crippen LogP contribution in [0.2, 0.25) is 0 Å². The van der Waals surface area contributed by atoms with Gasteiger partial charge in [-0.3, -0.25) is 4.79 Å². The summed E-state index contributed by atoms with van der Waals surface area (Å²) in [5, 5.41) is 2.74. The number of amides is 1. The minimum Gasteiger partial charge on any atom is -0.493 e. The molecule has 2 rings (SSSR count). The number of hydrogen-bond donors (Lipinski definition) is 1. The smallest absolute Gasteiger partial charge is 0.331 e. The van der Waals surface area contributed by atoms with Gasteiger partial charge in [0.25, 0.3) is 5.91 Å². The largest absolute Gasteiger partial charge is 0.493 e. The van der Waals surface area contributed by atoms with E-state index in [0.29, 0.717) is 23.8 Å². The number of benzene rings is 2. The Kier molecular flexibility index (Phi) is 8.27. The minimum absolute atomic E-state index is 0.390. The van der Waals surface area contributed by atoms with Crippen molar-refractivity contribution in [2.24, 2.45) is 0 Å². The quantitative estimate of drug-likeness (QED) is 0.506. The van der Waals surface area contributed by atoms with Crippen LogP contribution in [0.4, 0.5) is 5.69 Å². The van der Waals surface area contributed by atoms with Gasteiger partial charge in [0.2, 0.25) is 0 Å². The number of anilines is 1. The Hall–Kier alpha value is -3.28. The minimum atomic E-state index is -0.923. The van der Waals surface area contributed by atoms with Crippen LogP contribution in [0.3, 0.4) is 0 Å². The molecule has 1 atom stereocenters. The summed E-state index contributed by atoms with van der Waals surface area (Å²) in [6.45, 7) is 5.97. The van der Waals surface area contributed by atoms with Crippen molar-refractivity contribution in [1.82, 2.24) is 0 Å². The number of carbonyl (C=O) groups is 2. The van der Waals surface area contributed by atoms with Crippen LogP contribution in [-0.4, -0.2) is 31.7 Å². The lowest BCUT2D eigenvalue weighted by atomic mass is 10.1. The Morgan fingerprint density at radius 2 is 1.79 bits per heavy atom. The molecule has 6 heteroatoms. The second-order valence-electron chi connectivity index (χ2n) is 6.30. The molecule has 2 aromatic carbocycles. The van der Waals surface area contributed by atoms with E-state index in [9.17, 15) is 9.59 Å². The fourth-order valence-corrected chi connectivity index (χ4v) is 2.56. The zero-order chi connectivity index (χ0) is 21.2. The van der Waals surface area contributed by atoms with Crippen molar-refractivity contribution in [2.75, 3.05) is 19.0 Å². The van der Waals surface area contributed by atoms with E-state index in [1.165, 1.54) is 18.6 Å². The molecule has 0 unspecified atom stereocenters. The van der Waals surface area contributed by atoms with Gasteiger partial charge in [-0.1, -0.05) is 25.1 Å². The van der Waals surface area contributed by atoms with Gasteiger partial charge in [-0.25, -0.2) is 4.79 Å². The molecule has 1 N–H and O–H groups in total. The van der Waals surface area contributed by atoms with Crippen LogP contribution in [0.15, 0.2) is 48.5 Å². The van der Waals surface area contributed by atoms with Crippen molar-refractivity contribution >= 4 is 23.6 Å². The molecule has 0 aliphatic carbocycles. The average molecular weight is 397 g/mol. The van der Waals surface area contributed by atoms with Gasteiger partial charge in [-0.15, -0.1) is 0 Å². The Balaban J connectivity index is 1.93. The molecular weight excluding hydrogens is 370 g/mol. The van der Waals surface area contributed by atoms with Crippen LogP contribution >= 0.6 is 0 Å². The van der Waals surface area contributed by atoms with Crippen LogP contribution in [0.1, 0.15) is 31.9 Å². The lowest BCUT2D eigenvalue weighted by Gasteiger charge is -2.12. The molecule has 0 radical (unpaired) electrons. The summed E-state index contributed by atoms with van der Waals surface area (Å²) in [5.41, 5.74) is 2.59. The zero-order valence-corrected chi connectivity index (χ0v) is 17.2. The average Bonchev–Trinajstić information content (AvgIpc) is 2.73. The summed E-state index contributed by atoms with van der Waals surface area (Å²) in [6, 6.07) is 12.9. The van der Waals surface area contributed by atoms with Gasteiger partial charge in [0.05, 0.1) is 13.7 Å². The Morgan fingerprint density at radius 3 is 2.41 bits per heavy atom. The first-order chi connectivity index (χ1) is 14.0. The first kappa shape index (κ1) is 22.0. The van der Waals surface area contributed by atoms with Crippen LogP contribution < -0.4 is 14.8 Å². The van der Waals surface area contributed by atoms with Crippen molar-refractivity contribution in [3.8, 4) is 11.5 Å². The number of esters is 1. The van der Waals surface area contributed by atoms with Crippen molar-refractivity contribution in [3.05, 3.63) is 59.7 Å². The third-order valence-electron chi connectivity index (χ3n) is 4.19. The first-order valence-corrected chi connectivity index (χ1v) is 9.56. The Bertz CT molecular complexity index is 858. The topological polar surface area (TPSA) is 73.9 Å². The summed E-state index contributed by atoms with van der Waals surface area (Å²) in [7, 11) is 1.56. The molecule has 1 amide bonds. The number of hydrogen-bond acceptors (Lipinski definition) is 5. The third kappa shape index (κ3) is 6.68. The number of nitrogens with one attached hydrogen (secondary N) is 1. The molecule has 0 aliphatic rings. The second-order valence-corrected chi connectivity index (χ2v) is 6.30. The Morgan fingerprint density at radius 1 is 1.07 bits per heavy atom. The van der Waals surface area contributed by atoms with E-state index in [-0.39, 0.29) is 5.91 Å². The van der Waals surface area contributed by atoms with Gasteiger partial charge in [0.1, 0.15) is 0 Å². The van der Waals surface area contributed by atoms with Crippen LogP contribution in [0.5, 0.6) is 11.5 Å². The molecule has 0 spiro atoms. The summed E-state index contributed by atoms with van der Waals surface area (Å²) < 4.78 is 15.9. The van der Waals surface area contributed by atoms with Crippen molar-refractivity contribution in [3.63, 3.8) is 0 Å². The van der Waals surface area contributed by atoms with Gasteiger partial charge in [-0.2, -0.15) is 0 Å². The van der Waals surface area contributed by atoms with Crippen LogP contribution in [0.25, 0.3) is 6.08 Å². The number of carbonyl (C=O) groups excluding carboxylic acids is 2. The van der Waals surface area contributed by atoms with Gasteiger partial charge < -0.3 is 19.5 Å². The van der Waals surface area contributed by atoms with Crippen molar-refractivity contribution < 1.29 is 23.8 Å². The molecule has 0 aliphatic heterocycles. The van der Waals surface area contributed by atoms with E-state index < -0.39 is 12.1 Å². The molecule has 0 saturated heterocycles. The van der Waals surface area contributed by atoms with Gasteiger partial charge in [0, 0.05) is 11.8 Å². The fraction of sp³-hybridized carbons (Fsp3) is 0.304. The maximum Gasteiger partial charge on any atom is 0.331 e. The highest BCUT2D eigenvalue weighted by atomic mass is 16.5. The predicted octanol–water partition coefficient (Wildman–Crippen LogP) is 4.24. The highest BCUT2D eigenvalue weighted by Crippen LogP contribution is 2.28. The molecule has 2 aromatic rings. The maximum absolute atomic E-state index is 12.2. The second kappa shape index (κ2) is 10.9. The van der Waals surface area contributed by atoms with E-state index in [2.05, 4.69) is 12.2 Å². The van der Waals surface area contributed by atoms with Crippen molar-refractivity contribution in [1.29, 1.82) is 0 Å². The van der Waals surface area contributed by atoms with Gasteiger partial charge in [0.15, 0.2) is 17.6 Å². The molecule has 0 aromatic heterocycles. The van der Waals surface area contributed by atoms with E-state index >= 15 is 0 Å². The molecule has 29 heavy (non-hydrogen) atoms. The van der Waals surface area contributed by atoms with E-state index in [0.717, 1.165) is 12.0 Å². The number of methoxy groups -OCH3 is 1. The summed E-state index contributed by atoms with van der Waals surface area (Å²) in [6.07, 6.45) is 2.87. The summed E-state index contributed by atoms with van der Waals surface area (Å²) in [4.78, 5) is 24.3. The van der Waals surface area contributed by atoms with E-state index in [4.69, 9.17) is 14.2 Å². The van der Waals surface area contributed by atoms with Crippen LogP contribution in [-0.2, 0) is 20.7 Å². The van der Waals surface area contributed by atoms with E-state index in [1.807, 2.05) is 31.2 Å². The third-order valence-corrected chi connectivity index (χ3v) is 4.19. The van der Waals surface area contributed by atoms with E-state index in [1.54, 1.807) is 31.4 Å². The highest BCUT2D eigenvalue weighted by molar-refractivity contribution is 5.96. The molecule has 0 fully saturated rings. The number of ether oxygens (including phenoxy) is 3. The standard InChI is InChI=1S/C23H27NO5/c1-5-17-7-11-19(12-8-17)24-23(26)16(3)29-22(25)14-10-18-9-13-20(27-4)21(15-18)28-6-2/h7-16H,5-6H2,1-4H3,(H,24,26)/b14-10+/t16-/m0/s1. The summed E-state index contributed by atoms with van der Waals surface area (Å²) >= 11 is 0. The lowest BCUT2D eigenvalue weighted by Crippen LogP contribution is -2.29. The molecule has 6 nitrogen and oxygen atoms in total. The summed E-state index contributed by atoms with van der Waals surface area (Å²) in [5.74, 6) is 0.207. The molecule has 0 bridgehead atoms. The predicted molar refractivity (Wildman–Crippen MR) is 113 cm³/mol. The zero-order valence-electron chi connectivity index (χ0n) is 17.2. The van der Waals surface area contributed by atoms with Gasteiger partial charge in [-0.05, 0) is 61.7 Å². The monoisotopic (exact) mass is 397 g/mol. The SMILES string of the molecule is CCOc1cc(/C=C/C(=O)O[C@@H](C)C(=O)Nc2ccc(CC)cc2)ccc1OC. The molecule has 154 valence electrons. The molecule has 0 saturated carbocycles. The first-order valence-electron chi connectivity index (χ1n) is 9.56. The van der Waals surface area contributed by atoms with Gasteiger partial charge >= 0.3 is 5.97 Å². The Labute approximate surface area is 171 Å². The lowest BCUT2D eigenvalue weighted by molar-refractivity contribution is -0.148. The number of rotatable bonds is 9. The molecule has 0 heterocycles. The maximum atomic E-state index is 12.2.